The Kier molecular flexibility index (Phi) is 6.33. The fourth-order valence-electron chi connectivity index (χ4n) is 2.03. The Morgan fingerprint density at radius 2 is 1.77 bits per heavy atom. The lowest BCUT2D eigenvalue weighted by Gasteiger charge is -2.38. The van der Waals surface area contributed by atoms with Crippen molar-refractivity contribution in [3.63, 3.8) is 0 Å². The molecule has 26 heavy (non-hydrogen) atoms. The Morgan fingerprint density at radius 3 is 2.19 bits per heavy atom. The molecule has 2 rings (SSSR count). The minimum atomic E-state index is -4.80. The zero-order valence-corrected chi connectivity index (χ0v) is 15.9. The van der Waals surface area contributed by atoms with Gasteiger partial charge in [-0.3, -0.25) is 9.45 Å². The Balaban J connectivity index is 0.000000487. The summed E-state index contributed by atoms with van der Waals surface area (Å²) in [5, 5.41) is 0. The van der Waals surface area contributed by atoms with Crippen molar-refractivity contribution >= 4 is 37.9 Å². The summed E-state index contributed by atoms with van der Waals surface area (Å²) < 4.78 is 61.9. The van der Waals surface area contributed by atoms with Crippen LogP contribution in [-0.4, -0.2) is 44.7 Å². The molecule has 10 nitrogen and oxygen atoms in total. The summed E-state index contributed by atoms with van der Waals surface area (Å²) in [6.45, 7) is 4.81. The molecule has 0 saturated carbocycles. The highest BCUT2D eigenvalue weighted by molar-refractivity contribution is 7.86. The molecular weight excluding hydrogens is 389 g/mol. The second-order valence-electron chi connectivity index (χ2n) is 5.58. The van der Waals surface area contributed by atoms with E-state index in [1.807, 2.05) is 0 Å². The molecule has 1 aliphatic rings. The van der Waals surface area contributed by atoms with Gasteiger partial charge in [-0.1, -0.05) is 6.07 Å². The van der Waals surface area contributed by atoms with E-state index < -0.39 is 30.9 Å². The van der Waals surface area contributed by atoms with Gasteiger partial charge < -0.3 is 11.5 Å². The number of rotatable bonds is 3. The topological polar surface area (TPSA) is 169 Å². The first kappa shape index (κ1) is 21.8. The van der Waals surface area contributed by atoms with Crippen molar-refractivity contribution in [2.45, 2.75) is 31.3 Å². The predicted molar refractivity (Wildman–Crippen MR) is 96.6 cm³/mol. The summed E-state index contributed by atoms with van der Waals surface area (Å²) in [7, 11) is -8.46. The number of hydrogen-bond donors (Lipinski definition) is 3. The smallest absolute Gasteiger partial charge is 0.332 e. The van der Waals surface area contributed by atoms with E-state index in [2.05, 4.69) is 9.98 Å². The van der Waals surface area contributed by atoms with Crippen LogP contribution in [0.4, 0.5) is 9.57 Å². The molecule has 0 radical (unpaired) electrons. The Morgan fingerprint density at radius 1 is 1.23 bits per heavy atom. The van der Waals surface area contributed by atoms with E-state index in [0.29, 0.717) is 5.69 Å². The highest BCUT2D eigenvalue weighted by atomic mass is 32.3. The minimum absolute atomic E-state index is 0.0259. The molecule has 13 heteroatoms. The zero-order valence-electron chi connectivity index (χ0n) is 14.3. The van der Waals surface area contributed by atoms with Crippen molar-refractivity contribution in [3.05, 3.63) is 24.3 Å². The zero-order chi connectivity index (χ0) is 20.3. The third kappa shape index (κ3) is 5.93. The molecule has 5 N–H and O–H groups in total. The van der Waals surface area contributed by atoms with E-state index in [1.54, 1.807) is 19.9 Å². The van der Waals surface area contributed by atoms with Gasteiger partial charge in [-0.15, -0.1) is 3.89 Å². The summed E-state index contributed by atoms with van der Waals surface area (Å²) in [4.78, 5) is 8.97. The van der Waals surface area contributed by atoms with E-state index in [4.69, 9.17) is 16.0 Å². The molecule has 0 aromatic heterocycles. The Hall–Kier alpha value is -2.25. The van der Waals surface area contributed by atoms with Crippen LogP contribution in [0.15, 0.2) is 39.1 Å². The maximum atomic E-state index is 13.1. The molecule has 1 aromatic carbocycles. The molecule has 1 aliphatic heterocycles. The van der Waals surface area contributed by atoms with Gasteiger partial charge in [-0.2, -0.15) is 21.8 Å². The first-order chi connectivity index (χ1) is 11.7. The highest BCUT2D eigenvalue weighted by Gasteiger charge is 2.33. The molecule has 0 saturated heterocycles. The van der Waals surface area contributed by atoms with Crippen LogP contribution in [0.5, 0.6) is 0 Å². The molecule has 0 aliphatic carbocycles. The third-order valence-electron chi connectivity index (χ3n) is 3.12. The van der Waals surface area contributed by atoms with Crippen LogP contribution >= 0.6 is 0 Å². The number of nitrogens with zero attached hydrogens (tertiary/aromatic N) is 3. The lowest BCUT2D eigenvalue weighted by molar-refractivity contribution is 0.484. The van der Waals surface area contributed by atoms with E-state index in [9.17, 15) is 20.7 Å². The van der Waals surface area contributed by atoms with Crippen molar-refractivity contribution in [2.75, 3.05) is 10.7 Å². The highest BCUT2D eigenvalue weighted by Crippen LogP contribution is 2.29. The predicted octanol–water partition coefficient (Wildman–Crippen LogP) is 0.424. The number of aliphatic imine (C=N–C) groups is 2. The Bertz CT molecular complexity index is 941. The second kappa shape index (κ2) is 7.55. The van der Waals surface area contributed by atoms with Crippen molar-refractivity contribution < 1.29 is 25.3 Å². The quantitative estimate of drug-likeness (QED) is 0.476. The molecule has 0 amide bonds. The minimum Gasteiger partial charge on any atom is -0.369 e. The third-order valence-corrected chi connectivity index (χ3v) is 4.66. The summed E-state index contributed by atoms with van der Waals surface area (Å²) in [5.74, 6) is -0.124. The number of hydrogen-bond acceptors (Lipinski definition) is 9. The van der Waals surface area contributed by atoms with E-state index in [1.165, 1.54) is 17.9 Å². The summed E-state index contributed by atoms with van der Waals surface area (Å²) in [5.41, 5.74) is 10.8. The largest absolute Gasteiger partial charge is 0.369 e. The van der Waals surface area contributed by atoms with E-state index >= 15 is 0 Å². The summed E-state index contributed by atoms with van der Waals surface area (Å²) in [6.07, 6.45) is 0. The molecule has 1 aromatic rings. The van der Waals surface area contributed by atoms with Crippen LogP contribution in [0.1, 0.15) is 20.8 Å². The Labute approximate surface area is 151 Å². The van der Waals surface area contributed by atoms with Gasteiger partial charge in [0.05, 0.1) is 5.75 Å². The number of nitrogens with two attached hydrogens (primary N) is 2. The number of benzene rings is 1. The standard InChI is InChI=1S/C11H14FN5O2S.C2H6O3S/c1-11(2)16-9(13)15-10(14)17(11)7-4-3-5-8(6-7)20(12,18)19;1-2-6(3,4)5/h3-6H,1-2H3,(H4,13,14,15,16);2H2,1H3,(H,3,4,5). The lowest BCUT2D eigenvalue weighted by Crippen LogP contribution is -2.54. The van der Waals surface area contributed by atoms with Gasteiger partial charge in [0.2, 0.25) is 11.9 Å². The second-order valence-corrected chi connectivity index (χ2v) is 8.66. The maximum Gasteiger partial charge on any atom is 0.332 e. The number of halogens is 1. The molecule has 0 unspecified atom stereocenters. The fraction of sp³-hybridized carbons (Fsp3) is 0.385. The SMILES string of the molecule is CC1(C)N=C(N)N=C(N)N1c1cccc(S(=O)(=O)F)c1.CCS(=O)(=O)O. The molecular formula is C13H20FN5O5S2. The molecule has 0 atom stereocenters. The lowest BCUT2D eigenvalue weighted by atomic mass is 10.1. The van der Waals surface area contributed by atoms with Gasteiger partial charge in [0.15, 0.2) is 0 Å². The van der Waals surface area contributed by atoms with Crippen LogP contribution in [0.25, 0.3) is 0 Å². The average Bonchev–Trinajstić information content (AvgIpc) is 2.44. The van der Waals surface area contributed by atoms with Crippen molar-refractivity contribution in [2.24, 2.45) is 21.5 Å². The van der Waals surface area contributed by atoms with Crippen LogP contribution in [0, 0.1) is 0 Å². The van der Waals surface area contributed by atoms with Gasteiger partial charge >= 0.3 is 10.2 Å². The summed E-state index contributed by atoms with van der Waals surface area (Å²) in [6, 6.07) is 5.31. The monoisotopic (exact) mass is 409 g/mol. The molecule has 146 valence electrons. The van der Waals surface area contributed by atoms with Crippen LogP contribution in [-0.2, 0) is 20.3 Å². The van der Waals surface area contributed by atoms with Gasteiger partial charge in [0, 0.05) is 5.69 Å². The first-order valence-corrected chi connectivity index (χ1v) is 10.2. The van der Waals surface area contributed by atoms with Gasteiger partial charge in [-0.25, -0.2) is 4.99 Å². The van der Waals surface area contributed by atoms with E-state index in [0.717, 1.165) is 12.1 Å². The van der Waals surface area contributed by atoms with Crippen LogP contribution in [0.2, 0.25) is 0 Å². The first-order valence-electron chi connectivity index (χ1n) is 7.17. The van der Waals surface area contributed by atoms with Crippen molar-refractivity contribution in [1.29, 1.82) is 0 Å². The molecule has 0 spiro atoms. The van der Waals surface area contributed by atoms with Crippen molar-refractivity contribution in [3.8, 4) is 0 Å². The molecule has 0 fully saturated rings. The fourth-order valence-corrected chi connectivity index (χ4v) is 2.53. The van der Waals surface area contributed by atoms with Gasteiger partial charge in [0.1, 0.15) is 10.6 Å². The normalized spacial score (nSPS) is 16.9. The van der Waals surface area contributed by atoms with Gasteiger partial charge in [0.25, 0.3) is 10.1 Å². The van der Waals surface area contributed by atoms with Crippen LogP contribution < -0.4 is 16.4 Å². The molecule has 1 heterocycles. The van der Waals surface area contributed by atoms with Crippen LogP contribution in [0.3, 0.4) is 0 Å². The van der Waals surface area contributed by atoms with E-state index in [-0.39, 0.29) is 17.7 Å². The molecule has 0 bridgehead atoms. The maximum absolute atomic E-state index is 13.1. The number of guanidine groups is 2. The summed E-state index contributed by atoms with van der Waals surface area (Å²) >= 11 is 0. The number of anilines is 1. The average molecular weight is 409 g/mol. The van der Waals surface area contributed by atoms with Crippen molar-refractivity contribution in [1.82, 2.24) is 0 Å². The van der Waals surface area contributed by atoms with Gasteiger partial charge in [-0.05, 0) is 39.0 Å².